The molecule has 0 aliphatic heterocycles. The molecule has 0 bridgehead atoms. The number of hydrogen-bond acceptors (Lipinski definition) is 4. The third-order valence-electron chi connectivity index (χ3n) is 4.47. The second-order valence-corrected chi connectivity index (χ2v) is 8.09. The monoisotopic (exact) mass is 428 g/mol. The number of para-hydroxylation sites is 1. The largest absolute Gasteiger partial charge is 0.497 e. The van der Waals surface area contributed by atoms with Gasteiger partial charge in [0.25, 0.3) is 15.9 Å². The van der Waals surface area contributed by atoms with Gasteiger partial charge in [0, 0.05) is 16.9 Å². The number of anilines is 2. The minimum absolute atomic E-state index is 0.0254. The fourth-order valence-electron chi connectivity index (χ4n) is 2.86. The summed E-state index contributed by atoms with van der Waals surface area (Å²) in [5.41, 5.74) is 1.82. The summed E-state index contributed by atoms with van der Waals surface area (Å²) < 4.78 is 47.1. The Morgan fingerprint density at radius 1 is 1.03 bits per heavy atom. The summed E-state index contributed by atoms with van der Waals surface area (Å²) in [5, 5.41) is 2.75. The van der Waals surface area contributed by atoms with Crippen molar-refractivity contribution < 1.29 is 22.3 Å². The van der Waals surface area contributed by atoms with Crippen LogP contribution in [0.4, 0.5) is 15.8 Å². The predicted molar refractivity (Wildman–Crippen MR) is 114 cm³/mol. The lowest BCUT2D eigenvalue weighted by Gasteiger charge is -2.12. The fourth-order valence-corrected chi connectivity index (χ4v) is 4.03. The van der Waals surface area contributed by atoms with E-state index in [0.717, 1.165) is 17.7 Å². The van der Waals surface area contributed by atoms with Crippen LogP contribution in [0.25, 0.3) is 0 Å². The Hall–Kier alpha value is -3.39. The molecular formula is C22H21FN2O4S. The number of carbonyl (C=O) groups excluding carboxylic acids is 1. The van der Waals surface area contributed by atoms with Crippen molar-refractivity contribution in [2.45, 2.75) is 18.2 Å². The van der Waals surface area contributed by atoms with Crippen molar-refractivity contribution in [1.82, 2.24) is 0 Å². The van der Waals surface area contributed by atoms with Crippen LogP contribution in [-0.4, -0.2) is 21.4 Å². The van der Waals surface area contributed by atoms with E-state index in [2.05, 4.69) is 10.0 Å². The SMILES string of the molecule is CCc1ccccc1NC(=O)c1ccc(F)c(S(=O)(=O)Nc2ccc(OC)cc2)c1. The van der Waals surface area contributed by atoms with Gasteiger partial charge >= 0.3 is 0 Å². The van der Waals surface area contributed by atoms with Crippen LogP contribution in [0, 0.1) is 5.82 Å². The fraction of sp³-hybridized carbons (Fsp3) is 0.136. The highest BCUT2D eigenvalue weighted by Gasteiger charge is 2.22. The van der Waals surface area contributed by atoms with Gasteiger partial charge in [0.2, 0.25) is 0 Å². The van der Waals surface area contributed by atoms with Gasteiger partial charge < -0.3 is 10.1 Å². The number of hydrogen-bond donors (Lipinski definition) is 2. The maximum atomic E-state index is 14.3. The van der Waals surface area contributed by atoms with E-state index in [0.29, 0.717) is 17.9 Å². The Morgan fingerprint density at radius 3 is 2.40 bits per heavy atom. The number of ether oxygens (including phenoxy) is 1. The quantitative estimate of drug-likeness (QED) is 0.582. The average Bonchev–Trinajstić information content (AvgIpc) is 2.74. The minimum atomic E-state index is -4.25. The number of nitrogens with one attached hydrogen (secondary N) is 2. The molecule has 0 atom stereocenters. The molecule has 0 saturated carbocycles. The number of sulfonamides is 1. The second-order valence-electron chi connectivity index (χ2n) is 6.44. The number of amides is 1. The third kappa shape index (κ3) is 4.77. The van der Waals surface area contributed by atoms with Gasteiger partial charge in [-0.15, -0.1) is 0 Å². The van der Waals surface area contributed by atoms with E-state index in [1.807, 2.05) is 19.1 Å². The first-order chi connectivity index (χ1) is 14.3. The van der Waals surface area contributed by atoms with Crippen LogP contribution in [0.3, 0.4) is 0 Å². The molecule has 3 aromatic carbocycles. The summed E-state index contributed by atoms with van der Waals surface area (Å²) >= 11 is 0. The number of methoxy groups -OCH3 is 1. The van der Waals surface area contributed by atoms with Crippen LogP contribution < -0.4 is 14.8 Å². The first-order valence-corrected chi connectivity index (χ1v) is 10.7. The lowest BCUT2D eigenvalue weighted by atomic mass is 10.1. The molecule has 8 heteroatoms. The lowest BCUT2D eigenvalue weighted by molar-refractivity contribution is 0.102. The van der Waals surface area contributed by atoms with Gasteiger partial charge in [0.15, 0.2) is 0 Å². The van der Waals surface area contributed by atoms with Gasteiger partial charge in [-0.25, -0.2) is 12.8 Å². The molecule has 2 N–H and O–H groups in total. The molecule has 0 fully saturated rings. The predicted octanol–water partition coefficient (Wildman–Crippen LogP) is 4.45. The Morgan fingerprint density at radius 2 is 1.73 bits per heavy atom. The number of rotatable bonds is 7. The van der Waals surface area contributed by atoms with Gasteiger partial charge in [-0.05, 0) is 60.5 Å². The van der Waals surface area contributed by atoms with Crippen molar-refractivity contribution >= 4 is 27.3 Å². The Balaban J connectivity index is 1.87. The van der Waals surface area contributed by atoms with Crippen LogP contribution in [0.2, 0.25) is 0 Å². The third-order valence-corrected chi connectivity index (χ3v) is 5.87. The molecule has 0 aromatic heterocycles. The van der Waals surface area contributed by atoms with E-state index in [1.54, 1.807) is 24.3 Å². The van der Waals surface area contributed by atoms with Crippen LogP contribution in [-0.2, 0) is 16.4 Å². The zero-order valence-corrected chi connectivity index (χ0v) is 17.3. The van der Waals surface area contributed by atoms with Crippen molar-refractivity contribution in [2.24, 2.45) is 0 Å². The summed E-state index contributed by atoms with van der Waals surface area (Å²) in [6.07, 6.45) is 0.714. The molecular weight excluding hydrogens is 407 g/mol. The Labute approximate surface area is 174 Å². The first-order valence-electron chi connectivity index (χ1n) is 9.19. The zero-order valence-electron chi connectivity index (χ0n) is 16.5. The first kappa shape index (κ1) is 21.3. The van der Waals surface area contributed by atoms with Crippen molar-refractivity contribution in [1.29, 1.82) is 0 Å². The zero-order chi connectivity index (χ0) is 21.7. The summed E-state index contributed by atoms with van der Waals surface area (Å²) in [5.74, 6) is -0.937. The van der Waals surface area contributed by atoms with Crippen LogP contribution in [0.5, 0.6) is 5.75 Å². The molecule has 0 aliphatic rings. The van der Waals surface area contributed by atoms with Gasteiger partial charge in [0.05, 0.1) is 7.11 Å². The van der Waals surface area contributed by atoms with E-state index in [4.69, 9.17) is 4.74 Å². The van der Waals surface area contributed by atoms with Crippen LogP contribution in [0.1, 0.15) is 22.8 Å². The topological polar surface area (TPSA) is 84.5 Å². The molecule has 0 heterocycles. The number of halogens is 1. The highest BCUT2D eigenvalue weighted by atomic mass is 32.2. The molecule has 30 heavy (non-hydrogen) atoms. The summed E-state index contributed by atoms with van der Waals surface area (Å²) in [7, 11) is -2.76. The second kappa shape index (κ2) is 8.96. The van der Waals surface area contributed by atoms with Crippen molar-refractivity contribution in [2.75, 3.05) is 17.1 Å². The van der Waals surface area contributed by atoms with E-state index >= 15 is 0 Å². The molecule has 0 spiro atoms. The minimum Gasteiger partial charge on any atom is -0.497 e. The van der Waals surface area contributed by atoms with Crippen LogP contribution in [0.15, 0.2) is 71.6 Å². The molecule has 3 rings (SSSR count). The van der Waals surface area contributed by atoms with E-state index in [1.165, 1.54) is 25.3 Å². The standard InChI is InChI=1S/C22H21FN2O4S/c1-3-15-6-4-5-7-20(15)24-22(26)16-8-13-19(23)21(14-16)30(27,28)25-17-9-11-18(29-2)12-10-17/h4-14,25H,3H2,1-2H3,(H,24,26). The van der Waals surface area contributed by atoms with Gasteiger partial charge in [-0.1, -0.05) is 25.1 Å². The summed E-state index contributed by atoms with van der Waals surface area (Å²) in [6, 6.07) is 16.6. The molecule has 6 nitrogen and oxygen atoms in total. The molecule has 0 saturated heterocycles. The smallest absolute Gasteiger partial charge is 0.264 e. The summed E-state index contributed by atoms with van der Waals surface area (Å²) in [4.78, 5) is 12.0. The number of benzene rings is 3. The van der Waals surface area contributed by atoms with Gasteiger partial charge in [-0.2, -0.15) is 0 Å². The maximum absolute atomic E-state index is 14.3. The normalized spacial score (nSPS) is 11.0. The van der Waals surface area contributed by atoms with Crippen molar-refractivity contribution in [3.63, 3.8) is 0 Å². The molecule has 1 amide bonds. The number of carbonyl (C=O) groups is 1. The molecule has 3 aromatic rings. The Kier molecular flexibility index (Phi) is 6.37. The van der Waals surface area contributed by atoms with Crippen molar-refractivity contribution in [3.8, 4) is 5.75 Å². The molecule has 0 radical (unpaired) electrons. The maximum Gasteiger partial charge on any atom is 0.264 e. The Bertz CT molecular complexity index is 1160. The molecule has 0 aliphatic carbocycles. The van der Waals surface area contributed by atoms with E-state index in [-0.39, 0.29) is 11.3 Å². The number of aryl methyl sites for hydroxylation is 1. The van der Waals surface area contributed by atoms with Gasteiger partial charge in [-0.3, -0.25) is 9.52 Å². The highest BCUT2D eigenvalue weighted by molar-refractivity contribution is 7.92. The van der Waals surface area contributed by atoms with Gasteiger partial charge in [0.1, 0.15) is 16.5 Å². The lowest BCUT2D eigenvalue weighted by Crippen LogP contribution is -2.17. The molecule has 0 unspecified atom stereocenters. The molecule has 156 valence electrons. The summed E-state index contributed by atoms with van der Waals surface area (Å²) in [6.45, 7) is 1.96. The van der Waals surface area contributed by atoms with E-state index < -0.39 is 26.6 Å². The average molecular weight is 428 g/mol. The van der Waals surface area contributed by atoms with E-state index in [9.17, 15) is 17.6 Å². The highest BCUT2D eigenvalue weighted by Crippen LogP contribution is 2.23. The van der Waals surface area contributed by atoms with Crippen molar-refractivity contribution in [3.05, 3.63) is 83.7 Å². The van der Waals surface area contributed by atoms with Crippen LogP contribution >= 0.6 is 0 Å².